The smallest absolute Gasteiger partial charge is 0.246 e. The molecule has 0 unspecified atom stereocenters. The number of sulfonamides is 1. The Morgan fingerprint density at radius 1 is 1.28 bits per heavy atom. The average molecular weight is 485 g/mol. The number of methoxy groups -OCH3 is 1. The van der Waals surface area contributed by atoms with Crippen molar-refractivity contribution in [1.82, 2.24) is 4.31 Å². The third-order valence-electron chi connectivity index (χ3n) is 4.88. The lowest BCUT2D eigenvalue weighted by Crippen LogP contribution is -2.43. The summed E-state index contributed by atoms with van der Waals surface area (Å²) in [6.07, 6.45) is 1.06. The Kier molecular flexibility index (Phi) is 6.60. The number of rotatable bonds is 5. The maximum atomic E-state index is 14.0. The minimum Gasteiger partial charge on any atom is -0.495 e. The van der Waals surface area contributed by atoms with Crippen molar-refractivity contribution in [2.45, 2.75) is 24.7 Å². The monoisotopic (exact) mass is 484 g/mol. The van der Waals surface area contributed by atoms with Crippen LogP contribution in [0.3, 0.4) is 0 Å². The van der Waals surface area contributed by atoms with E-state index in [4.69, 9.17) is 4.74 Å². The van der Waals surface area contributed by atoms with Crippen molar-refractivity contribution in [2.75, 3.05) is 25.5 Å². The first kappa shape index (κ1) is 21.7. The minimum absolute atomic E-state index is 0.0312. The second-order valence-electron chi connectivity index (χ2n) is 6.97. The van der Waals surface area contributed by atoms with Crippen LogP contribution in [0.15, 0.2) is 45.8 Å². The van der Waals surface area contributed by atoms with Gasteiger partial charge < -0.3 is 10.1 Å². The quantitative estimate of drug-likeness (QED) is 0.696. The van der Waals surface area contributed by atoms with E-state index in [1.807, 2.05) is 0 Å². The van der Waals surface area contributed by atoms with Gasteiger partial charge in [0.2, 0.25) is 15.9 Å². The van der Waals surface area contributed by atoms with Gasteiger partial charge in [-0.3, -0.25) is 4.79 Å². The fraction of sp³-hybridized carbons (Fsp3) is 0.350. The second kappa shape index (κ2) is 8.81. The highest BCUT2D eigenvalue weighted by molar-refractivity contribution is 9.10. The van der Waals surface area contributed by atoms with Crippen molar-refractivity contribution in [3.8, 4) is 5.75 Å². The van der Waals surface area contributed by atoms with Crippen LogP contribution in [0.4, 0.5) is 10.1 Å². The van der Waals surface area contributed by atoms with E-state index in [1.165, 1.54) is 23.5 Å². The lowest BCUT2D eigenvalue weighted by molar-refractivity contribution is -0.120. The van der Waals surface area contributed by atoms with Gasteiger partial charge >= 0.3 is 0 Å². The maximum absolute atomic E-state index is 14.0. The molecule has 0 bridgehead atoms. The van der Waals surface area contributed by atoms with Crippen molar-refractivity contribution in [2.24, 2.45) is 5.92 Å². The number of hydrogen-bond donors (Lipinski definition) is 1. The summed E-state index contributed by atoms with van der Waals surface area (Å²) in [5.41, 5.74) is 0.861. The largest absolute Gasteiger partial charge is 0.495 e. The first-order chi connectivity index (χ1) is 13.7. The molecule has 1 saturated heterocycles. The third kappa shape index (κ3) is 4.79. The molecule has 0 spiro atoms. The predicted molar refractivity (Wildman–Crippen MR) is 112 cm³/mol. The molecule has 2 aromatic carbocycles. The number of piperidine rings is 1. The molecule has 3 rings (SSSR count). The third-order valence-corrected chi connectivity index (χ3v) is 7.26. The van der Waals surface area contributed by atoms with E-state index in [9.17, 15) is 17.6 Å². The molecule has 1 fully saturated rings. The average Bonchev–Trinajstić information content (AvgIpc) is 2.70. The summed E-state index contributed by atoms with van der Waals surface area (Å²) in [6.45, 7) is 2.15. The van der Waals surface area contributed by atoms with Crippen LogP contribution in [-0.2, 0) is 14.8 Å². The van der Waals surface area contributed by atoms with Gasteiger partial charge in [-0.1, -0.05) is 22.0 Å². The molecule has 0 saturated carbocycles. The van der Waals surface area contributed by atoms with Crippen molar-refractivity contribution in [3.63, 3.8) is 0 Å². The van der Waals surface area contributed by atoms with Crippen LogP contribution in [0.1, 0.15) is 18.4 Å². The van der Waals surface area contributed by atoms with Crippen LogP contribution < -0.4 is 10.1 Å². The molecule has 1 amide bonds. The molecule has 1 N–H and O–H groups in total. The number of amides is 1. The van der Waals surface area contributed by atoms with Gasteiger partial charge in [-0.05, 0) is 55.7 Å². The van der Waals surface area contributed by atoms with Gasteiger partial charge in [-0.15, -0.1) is 0 Å². The van der Waals surface area contributed by atoms with Gasteiger partial charge in [0.25, 0.3) is 0 Å². The number of benzene rings is 2. The number of anilines is 1. The van der Waals surface area contributed by atoms with Crippen LogP contribution in [0, 0.1) is 18.7 Å². The maximum Gasteiger partial charge on any atom is 0.246 e. The van der Waals surface area contributed by atoms with Gasteiger partial charge in [0.05, 0.1) is 18.7 Å². The van der Waals surface area contributed by atoms with Crippen molar-refractivity contribution < 1.29 is 22.3 Å². The number of ether oxygens (including phenoxy) is 1. The van der Waals surface area contributed by atoms with E-state index in [0.29, 0.717) is 23.9 Å². The Labute approximate surface area is 178 Å². The first-order valence-electron chi connectivity index (χ1n) is 9.13. The van der Waals surface area contributed by atoms with E-state index in [-0.39, 0.29) is 22.9 Å². The summed E-state index contributed by atoms with van der Waals surface area (Å²) >= 11 is 3.17. The lowest BCUT2D eigenvalue weighted by atomic mass is 9.98. The SMILES string of the molecule is COc1ccc(C)cc1S(=O)(=O)N1CCC[C@H](C(=O)Nc2ccc(Br)cc2F)C1. The van der Waals surface area contributed by atoms with E-state index < -0.39 is 27.7 Å². The molecular formula is C20H22BrFN2O4S. The van der Waals surface area contributed by atoms with Crippen LogP contribution in [0.2, 0.25) is 0 Å². The van der Waals surface area contributed by atoms with Crippen molar-refractivity contribution >= 4 is 37.5 Å². The highest BCUT2D eigenvalue weighted by Gasteiger charge is 2.35. The Balaban J connectivity index is 1.79. The zero-order valence-corrected chi connectivity index (χ0v) is 18.5. The zero-order valence-electron chi connectivity index (χ0n) is 16.1. The fourth-order valence-corrected chi connectivity index (χ4v) is 5.42. The fourth-order valence-electron chi connectivity index (χ4n) is 3.32. The number of hydrogen-bond acceptors (Lipinski definition) is 4. The van der Waals surface area contributed by atoms with Gasteiger partial charge in [0.1, 0.15) is 16.5 Å². The van der Waals surface area contributed by atoms with Crippen LogP contribution in [-0.4, -0.2) is 38.8 Å². The molecule has 1 heterocycles. The van der Waals surface area contributed by atoms with Gasteiger partial charge in [0.15, 0.2) is 0 Å². The summed E-state index contributed by atoms with van der Waals surface area (Å²) in [5.74, 6) is -1.27. The Morgan fingerprint density at radius 2 is 2.03 bits per heavy atom. The highest BCUT2D eigenvalue weighted by Crippen LogP contribution is 2.31. The molecule has 1 aliphatic rings. The van der Waals surface area contributed by atoms with Crippen molar-refractivity contribution in [1.29, 1.82) is 0 Å². The first-order valence-corrected chi connectivity index (χ1v) is 11.4. The number of aryl methyl sites for hydroxylation is 1. The zero-order chi connectivity index (χ0) is 21.2. The van der Waals surface area contributed by atoms with Gasteiger partial charge in [-0.2, -0.15) is 4.31 Å². The second-order valence-corrected chi connectivity index (χ2v) is 9.79. The lowest BCUT2D eigenvalue weighted by Gasteiger charge is -2.31. The molecular weight excluding hydrogens is 463 g/mol. The molecule has 1 atom stereocenters. The molecule has 1 aliphatic heterocycles. The summed E-state index contributed by atoms with van der Waals surface area (Å²) in [6, 6.07) is 9.31. The standard InChI is InChI=1S/C20H22BrFN2O4S/c1-13-5-8-18(28-2)19(10-13)29(26,27)24-9-3-4-14(12-24)20(25)23-17-7-6-15(21)11-16(17)22/h5-8,10-11,14H,3-4,9,12H2,1-2H3,(H,23,25)/t14-/m0/s1. The molecule has 0 radical (unpaired) electrons. The molecule has 0 aromatic heterocycles. The van der Waals surface area contributed by atoms with E-state index in [2.05, 4.69) is 21.2 Å². The van der Waals surface area contributed by atoms with Gasteiger partial charge in [-0.25, -0.2) is 12.8 Å². The predicted octanol–water partition coefficient (Wildman–Crippen LogP) is 3.94. The van der Waals surface area contributed by atoms with E-state index >= 15 is 0 Å². The Hall–Kier alpha value is -1.97. The van der Waals surface area contributed by atoms with Gasteiger partial charge in [0, 0.05) is 17.6 Å². The topological polar surface area (TPSA) is 75.7 Å². The molecule has 9 heteroatoms. The normalized spacial score (nSPS) is 17.7. The van der Waals surface area contributed by atoms with E-state index in [1.54, 1.807) is 31.2 Å². The Bertz CT molecular complexity index is 1030. The van der Waals surface area contributed by atoms with Crippen molar-refractivity contribution in [3.05, 3.63) is 52.3 Å². The summed E-state index contributed by atoms with van der Waals surface area (Å²) < 4.78 is 47.5. The molecule has 0 aliphatic carbocycles. The number of nitrogens with one attached hydrogen (secondary N) is 1. The Morgan fingerprint density at radius 3 is 2.72 bits per heavy atom. The molecule has 29 heavy (non-hydrogen) atoms. The van der Waals surface area contributed by atoms with Crippen LogP contribution >= 0.6 is 15.9 Å². The molecule has 6 nitrogen and oxygen atoms in total. The summed E-state index contributed by atoms with van der Waals surface area (Å²) in [5, 5.41) is 2.57. The molecule has 2 aromatic rings. The summed E-state index contributed by atoms with van der Waals surface area (Å²) in [4.78, 5) is 12.7. The number of carbonyl (C=O) groups is 1. The van der Waals surface area contributed by atoms with Crippen LogP contribution in [0.25, 0.3) is 0 Å². The number of carbonyl (C=O) groups excluding carboxylic acids is 1. The number of nitrogens with zero attached hydrogens (tertiary/aromatic N) is 1. The molecule has 156 valence electrons. The minimum atomic E-state index is -3.83. The van der Waals surface area contributed by atoms with Crippen LogP contribution in [0.5, 0.6) is 5.75 Å². The summed E-state index contributed by atoms with van der Waals surface area (Å²) in [7, 11) is -2.41. The highest BCUT2D eigenvalue weighted by atomic mass is 79.9. The van der Waals surface area contributed by atoms with E-state index in [0.717, 1.165) is 5.56 Å². The number of halogens is 2.